The van der Waals surface area contributed by atoms with Crippen LogP contribution in [-0.2, 0) is 0 Å². The summed E-state index contributed by atoms with van der Waals surface area (Å²) in [6, 6.07) is 1.86. The fraction of sp³-hybridized carbons (Fsp3) is 0.500. The highest BCUT2D eigenvalue weighted by atomic mass is 79.9. The van der Waals surface area contributed by atoms with Gasteiger partial charge in [-0.25, -0.2) is 0 Å². The molecule has 7 heteroatoms. The number of halogens is 3. The van der Waals surface area contributed by atoms with E-state index in [1.807, 2.05) is 19.1 Å². The van der Waals surface area contributed by atoms with Crippen LogP contribution in [0, 0.1) is 11.8 Å². The fourth-order valence-corrected chi connectivity index (χ4v) is 4.99. The van der Waals surface area contributed by atoms with Crippen molar-refractivity contribution in [2.24, 2.45) is 0 Å². The Morgan fingerprint density at radius 1 is 1.21 bits per heavy atom. The van der Waals surface area contributed by atoms with E-state index in [-0.39, 0.29) is 0 Å². The Labute approximate surface area is 180 Å². The molecule has 1 aromatic heterocycles. The van der Waals surface area contributed by atoms with Gasteiger partial charge in [-0.3, -0.25) is 0 Å². The number of fused-ring (bicyclic) bond motifs is 2. The first-order chi connectivity index (χ1) is 13.9. The van der Waals surface area contributed by atoms with Gasteiger partial charge in [0.1, 0.15) is 5.71 Å². The summed E-state index contributed by atoms with van der Waals surface area (Å²) in [5, 5.41) is 0. The van der Waals surface area contributed by atoms with Gasteiger partial charge in [0.2, 0.25) is 0 Å². The Morgan fingerprint density at radius 3 is 2.62 bits per heavy atom. The van der Waals surface area contributed by atoms with Crippen LogP contribution in [0.2, 0.25) is 0 Å². The second-order valence-corrected chi connectivity index (χ2v) is 8.93. The van der Waals surface area contributed by atoms with Crippen LogP contribution in [0.3, 0.4) is 0 Å². The molecule has 0 saturated carbocycles. The Morgan fingerprint density at radius 2 is 1.93 bits per heavy atom. The van der Waals surface area contributed by atoms with Crippen molar-refractivity contribution >= 4 is 40.5 Å². The zero-order valence-corrected chi connectivity index (χ0v) is 19.0. The highest BCUT2D eigenvalue weighted by Gasteiger charge is 2.55. The van der Waals surface area contributed by atoms with E-state index in [2.05, 4.69) is 39.6 Å². The Bertz CT molecular complexity index is 1000. The summed E-state index contributed by atoms with van der Waals surface area (Å²) >= 11 is 3.50. The molecule has 0 atom stereocenters. The zero-order valence-electron chi connectivity index (χ0n) is 17.4. The van der Waals surface area contributed by atoms with Gasteiger partial charge in [0.05, 0.1) is 15.9 Å². The van der Waals surface area contributed by atoms with Crippen molar-refractivity contribution in [2.75, 3.05) is 18.0 Å². The number of anilines is 1. The molecule has 1 saturated heterocycles. The summed E-state index contributed by atoms with van der Waals surface area (Å²) in [5.41, 5.74) is 3.29. The number of hydrogen-bond acceptors (Lipinski definition) is 1. The molecule has 0 aromatic carbocycles. The predicted molar refractivity (Wildman–Crippen MR) is 121 cm³/mol. The standard InChI is InChI=1S/C22H27BBrF2N3/c1-4-5-6-8-11-18-14-19-15-20-16(2)21(24)17(3)28(20)23(25,26)29(19)22(18)27-12-9-7-10-13-27/h14-15H,4-7,9-10,12-13H2,1-3H3. The Balaban J connectivity index is 1.90. The van der Waals surface area contributed by atoms with Gasteiger partial charge in [0.15, 0.2) is 5.70 Å². The van der Waals surface area contributed by atoms with Crippen LogP contribution in [0.25, 0.3) is 6.08 Å². The van der Waals surface area contributed by atoms with Crippen molar-refractivity contribution in [1.29, 1.82) is 0 Å². The maximum absolute atomic E-state index is 16.0. The van der Waals surface area contributed by atoms with Crippen molar-refractivity contribution in [3.05, 3.63) is 33.1 Å². The molecular weight excluding hydrogens is 435 g/mol. The van der Waals surface area contributed by atoms with Gasteiger partial charge in [0.25, 0.3) is 0 Å². The van der Waals surface area contributed by atoms with E-state index in [4.69, 9.17) is 0 Å². The first-order valence-corrected chi connectivity index (χ1v) is 11.4. The fourth-order valence-electron chi connectivity index (χ4n) is 4.60. The molecule has 3 aliphatic heterocycles. The number of aromatic nitrogens is 1. The van der Waals surface area contributed by atoms with Crippen LogP contribution in [0.1, 0.15) is 70.6 Å². The van der Waals surface area contributed by atoms with Crippen LogP contribution in [0.5, 0.6) is 0 Å². The number of hydrogen-bond donors (Lipinski definition) is 0. The molecule has 0 N–H and O–H groups in total. The van der Waals surface area contributed by atoms with Gasteiger partial charge in [-0.15, -0.1) is 0 Å². The first-order valence-electron chi connectivity index (χ1n) is 10.6. The van der Waals surface area contributed by atoms with Crippen molar-refractivity contribution in [3.8, 4) is 11.8 Å². The third kappa shape index (κ3) is 3.30. The van der Waals surface area contributed by atoms with Gasteiger partial charge in [-0.2, -0.15) is 0 Å². The Hall–Kier alpha value is -1.81. The number of nitrogens with zero attached hydrogens (tertiary/aromatic N) is 3. The molecule has 4 rings (SSSR count). The number of allylic oxidation sites excluding steroid dienone is 2. The van der Waals surface area contributed by atoms with Crippen molar-refractivity contribution in [2.45, 2.75) is 59.3 Å². The second-order valence-electron chi connectivity index (χ2n) is 8.14. The third-order valence-corrected chi connectivity index (χ3v) is 7.30. The number of rotatable bonds is 3. The van der Waals surface area contributed by atoms with Crippen LogP contribution in [-0.4, -0.2) is 34.7 Å². The number of unbranched alkanes of at least 4 members (excludes halogenated alkanes) is 2. The molecule has 0 unspecified atom stereocenters. The second kappa shape index (κ2) is 7.79. The molecule has 4 heterocycles. The lowest BCUT2D eigenvalue weighted by Crippen LogP contribution is -2.51. The van der Waals surface area contributed by atoms with Crippen LogP contribution < -0.4 is 4.90 Å². The van der Waals surface area contributed by atoms with Crippen molar-refractivity contribution in [1.82, 2.24) is 4.48 Å². The van der Waals surface area contributed by atoms with Crippen LogP contribution >= 0.6 is 15.9 Å². The summed E-state index contributed by atoms with van der Waals surface area (Å²) < 4.78 is 35.2. The van der Waals surface area contributed by atoms with E-state index >= 15 is 8.63 Å². The smallest absolute Gasteiger partial charge is 0.389 e. The van der Waals surface area contributed by atoms with Crippen LogP contribution in [0.15, 0.2) is 21.8 Å². The molecule has 0 amide bonds. The summed E-state index contributed by atoms with van der Waals surface area (Å²) in [5.74, 6) is 7.03. The molecule has 0 aliphatic carbocycles. The summed E-state index contributed by atoms with van der Waals surface area (Å²) in [6.45, 7) is 3.39. The van der Waals surface area contributed by atoms with Crippen LogP contribution in [0.4, 0.5) is 14.4 Å². The third-order valence-electron chi connectivity index (χ3n) is 6.13. The highest BCUT2D eigenvalue weighted by molar-refractivity contribution is 9.12. The maximum atomic E-state index is 16.0. The molecule has 0 spiro atoms. The lowest BCUT2D eigenvalue weighted by Gasteiger charge is -2.36. The molecular formula is C22H27BBrF2N3. The molecule has 29 heavy (non-hydrogen) atoms. The molecule has 3 nitrogen and oxygen atoms in total. The minimum Gasteiger partial charge on any atom is -0.389 e. The molecule has 0 radical (unpaired) electrons. The van der Waals surface area contributed by atoms with Crippen molar-refractivity contribution in [3.63, 3.8) is 0 Å². The highest BCUT2D eigenvalue weighted by Crippen LogP contribution is 2.42. The predicted octanol–water partition coefficient (Wildman–Crippen LogP) is 5.75. The topological polar surface area (TPSA) is 11.2 Å². The summed E-state index contributed by atoms with van der Waals surface area (Å²) in [7, 11) is 0. The molecule has 3 aliphatic rings. The minimum atomic E-state index is -4.00. The van der Waals surface area contributed by atoms with E-state index < -0.39 is 6.97 Å². The lowest BCUT2D eigenvalue weighted by molar-refractivity contribution is -0.362. The average Bonchev–Trinajstić information content (AvgIpc) is 3.18. The monoisotopic (exact) mass is 461 g/mol. The van der Waals surface area contributed by atoms with Gasteiger partial charge < -0.3 is 22.5 Å². The van der Waals surface area contributed by atoms with E-state index in [9.17, 15) is 0 Å². The van der Waals surface area contributed by atoms with Gasteiger partial charge in [-0.05, 0) is 54.6 Å². The quantitative estimate of drug-likeness (QED) is 0.316. The SMILES string of the molecule is CCCCC#Cc1cc2n(c1N1CCCCC1)[B-](F)(F)[N+]1=C(C)C(Br)=C(C)C1=C2. The van der Waals surface area contributed by atoms with Gasteiger partial charge >= 0.3 is 6.97 Å². The molecule has 0 bridgehead atoms. The van der Waals surface area contributed by atoms with E-state index in [1.54, 1.807) is 6.92 Å². The van der Waals surface area contributed by atoms with E-state index in [0.29, 0.717) is 22.9 Å². The molecule has 154 valence electrons. The van der Waals surface area contributed by atoms with Gasteiger partial charge in [-0.1, -0.05) is 25.2 Å². The zero-order chi connectivity index (χ0) is 20.8. The Kier molecular flexibility index (Phi) is 5.50. The average molecular weight is 462 g/mol. The van der Waals surface area contributed by atoms with E-state index in [1.165, 1.54) is 8.96 Å². The normalized spacial score (nSPS) is 20.3. The summed E-state index contributed by atoms with van der Waals surface area (Å²) in [4.78, 5) is 2.12. The lowest BCUT2D eigenvalue weighted by atomic mass is 9.90. The first kappa shape index (κ1) is 20.5. The largest absolute Gasteiger partial charge is 0.738 e. The van der Waals surface area contributed by atoms with Gasteiger partial charge in [0, 0.05) is 43.8 Å². The van der Waals surface area contributed by atoms with E-state index in [0.717, 1.165) is 67.2 Å². The summed E-state index contributed by atoms with van der Waals surface area (Å²) in [6.07, 6.45) is 8.02. The maximum Gasteiger partial charge on any atom is 0.738 e. The van der Waals surface area contributed by atoms with Crippen molar-refractivity contribution < 1.29 is 13.1 Å². The molecule has 1 fully saturated rings. The number of piperidine rings is 1. The minimum absolute atomic E-state index is 0.552. The molecule has 1 aromatic rings.